The van der Waals surface area contributed by atoms with E-state index in [2.05, 4.69) is 27.9 Å². The molecule has 0 atom stereocenters. The van der Waals surface area contributed by atoms with Crippen molar-refractivity contribution in [2.75, 3.05) is 19.5 Å². The summed E-state index contributed by atoms with van der Waals surface area (Å²) in [5, 5.41) is 2.90. The summed E-state index contributed by atoms with van der Waals surface area (Å²) in [6.07, 6.45) is 0.977. The van der Waals surface area contributed by atoms with E-state index in [1.807, 2.05) is 42.5 Å². The van der Waals surface area contributed by atoms with Gasteiger partial charge in [0.1, 0.15) is 11.5 Å². The van der Waals surface area contributed by atoms with Crippen LogP contribution in [0.2, 0.25) is 0 Å². The van der Waals surface area contributed by atoms with Crippen LogP contribution in [0, 0.1) is 3.57 Å². The number of halogens is 1. The first-order valence-corrected chi connectivity index (χ1v) is 7.96. The fourth-order valence-electron chi connectivity index (χ4n) is 2.12. The molecule has 0 saturated heterocycles. The summed E-state index contributed by atoms with van der Waals surface area (Å²) in [5.41, 5.74) is 1.77. The Labute approximate surface area is 144 Å². The SMILES string of the molecule is COc1ccc(OC)c(CCC(=O)Nc2cccc(I)c2)c1. The Morgan fingerprint density at radius 1 is 1.14 bits per heavy atom. The molecule has 0 saturated carbocycles. The van der Waals surface area contributed by atoms with Crippen molar-refractivity contribution in [2.45, 2.75) is 12.8 Å². The van der Waals surface area contributed by atoms with Crippen LogP contribution in [-0.4, -0.2) is 20.1 Å². The maximum Gasteiger partial charge on any atom is 0.224 e. The second-order valence-corrected chi connectivity index (χ2v) is 5.98. The number of carbonyl (C=O) groups excluding carboxylic acids is 1. The van der Waals surface area contributed by atoms with Gasteiger partial charge in [-0.05, 0) is 71.0 Å². The summed E-state index contributed by atoms with van der Waals surface area (Å²) in [6.45, 7) is 0. The van der Waals surface area contributed by atoms with Crippen LogP contribution < -0.4 is 14.8 Å². The molecule has 0 bridgehead atoms. The number of methoxy groups -OCH3 is 2. The molecule has 0 heterocycles. The van der Waals surface area contributed by atoms with E-state index in [0.717, 1.165) is 26.3 Å². The van der Waals surface area contributed by atoms with Crippen LogP contribution in [0.1, 0.15) is 12.0 Å². The summed E-state index contributed by atoms with van der Waals surface area (Å²) in [4.78, 5) is 12.1. The quantitative estimate of drug-likeness (QED) is 0.735. The van der Waals surface area contributed by atoms with Crippen LogP contribution in [0.5, 0.6) is 11.5 Å². The Balaban J connectivity index is 1.98. The van der Waals surface area contributed by atoms with Gasteiger partial charge < -0.3 is 14.8 Å². The van der Waals surface area contributed by atoms with E-state index < -0.39 is 0 Å². The molecular weight excluding hydrogens is 393 g/mol. The second-order valence-electron chi connectivity index (χ2n) is 4.74. The molecule has 116 valence electrons. The third-order valence-electron chi connectivity index (χ3n) is 3.22. The molecule has 2 aromatic rings. The summed E-state index contributed by atoms with van der Waals surface area (Å²) in [5.74, 6) is 1.50. The summed E-state index contributed by atoms with van der Waals surface area (Å²) in [6, 6.07) is 13.3. The van der Waals surface area contributed by atoms with Gasteiger partial charge in [0, 0.05) is 15.7 Å². The fraction of sp³-hybridized carbons (Fsp3) is 0.235. The number of hydrogen-bond donors (Lipinski definition) is 1. The minimum atomic E-state index is -0.0214. The number of amides is 1. The highest BCUT2D eigenvalue weighted by Crippen LogP contribution is 2.25. The first-order valence-electron chi connectivity index (χ1n) is 6.88. The Hall–Kier alpha value is -1.76. The van der Waals surface area contributed by atoms with E-state index >= 15 is 0 Å². The lowest BCUT2D eigenvalue weighted by Gasteiger charge is -2.10. The largest absolute Gasteiger partial charge is 0.497 e. The molecule has 5 heteroatoms. The van der Waals surface area contributed by atoms with Gasteiger partial charge in [-0.25, -0.2) is 0 Å². The minimum Gasteiger partial charge on any atom is -0.497 e. The first kappa shape index (κ1) is 16.6. The Kier molecular flexibility index (Phi) is 6.06. The number of benzene rings is 2. The smallest absolute Gasteiger partial charge is 0.224 e. The van der Waals surface area contributed by atoms with Gasteiger partial charge in [-0.1, -0.05) is 6.07 Å². The molecule has 0 spiro atoms. The Bertz CT molecular complexity index is 658. The van der Waals surface area contributed by atoms with Crippen LogP contribution in [0.15, 0.2) is 42.5 Å². The van der Waals surface area contributed by atoms with Crippen molar-refractivity contribution in [3.8, 4) is 11.5 Å². The average molecular weight is 411 g/mol. The highest BCUT2D eigenvalue weighted by Gasteiger charge is 2.09. The zero-order chi connectivity index (χ0) is 15.9. The molecule has 2 aromatic carbocycles. The standard InChI is InChI=1S/C17H18INO3/c1-21-15-7-8-16(22-2)12(10-15)6-9-17(20)19-14-5-3-4-13(18)11-14/h3-5,7-8,10-11H,6,9H2,1-2H3,(H,19,20). The Morgan fingerprint density at radius 2 is 1.95 bits per heavy atom. The van der Waals surface area contributed by atoms with E-state index in [4.69, 9.17) is 9.47 Å². The lowest BCUT2D eigenvalue weighted by atomic mass is 10.1. The number of aryl methyl sites for hydroxylation is 1. The topological polar surface area (TPSA) is 47.6 Å². The van der Waals surface area contributed by atoms with Crippen LogP contribution >= 0.6 is 22.6 Å². The lowest BCUT2D eigenvalue weighted by Crippen LogP contribution is -2.12. The molecule has 0 aliphatic rings. The van der Waals surface area contributed by atoms with Gasteiger partial charge in [-0.2, -0.15) is 0 Å². The predicted octanol–water partition coefficient (Wildman–Crippen LogP) is 3.88. The van der Waals surface area contributed by atoms with Gasteiger partial charge in [-0.3, -0.25) is 4.79 Å². The molecule has 0 aliphatic carbocycles. The Morgan fingerprint density at radius 3 is 2.64 bits per heavy atom. The van der Waals surface area contributed by atoms with Crippen molar-refractivity contribution in [2.24, 2.45) is 0 Å². The van der Waals surface area contributed by atoms with Crippen molar-refractivity contribution in [3.05, 3.63) is 51.6 Å². The van der Waals surface area contributed by atoms with Crippen molar-refractivity contribution in [3.63, 3.8) is 0 Å². The molecule has 0 fully saturated rings. The number of nitrogens with one attached hydrogen (secondary N) is 1. The second kappa shape index (κ2) is 8.03. The van der Waals surface area contributed by atoms with Crippen LogP contribution in [0.4, 0.5) is 5.69 Å². The van der Waals surface area contributed by atoms with Gasteiger partial charge in [0.05, 0.1) is 14.2 Å². The molecule has 2 rings (SSSR count). The molecule has 0 aromatic heterocycles. The molecule has 1 N–H and O–H groups in total. The summed E-state index contributed by atoms with van der Waals surface area (Å²) >= 11 is 2.22. The highest BCUT2D eigenvalue weighted by molar-refractivity contribution is 14.1. The van der Waals surface area contributed by atoms with Crippen molar-refractivity contribution < 1.29 is 14.3 Å². The maximum absolute atomic E-state index is 12.1. The molecular formula is C17H18INO3. The maximum atomic E-state index is 12.1. The van der Waals surface area contributed by atoms with E-state index in [1.54, 1.807) is 14.2 Å². The number of hydrogen-bond acceptors (Lipinski definition) is 3. The highest BCUT2D eigenvalue weighted by atomic mass is 127. The van der Waals surface area contributed by atoms with Crippen LogP contribution in [0.3, 0.4) is 0 Å². The number of carbonyl (C=O) groups is 1. The van der Waals surface area contributed by atoms with Crippen LogP contribution in [0.25, 0.3) is 0 Å². The predicted molar refractivity (Wildman–Crippen MR) is 95.7 cm³/mol. The van der Waals surface area contributed by atoms with Gasteiger partial charge >= 0.3 is 0 Å². The molecule has 0 radical (unpaired) electrons. The molecule has 1 amide bonds. The summed E-state index contributed by atoms with van der Waals surface area (Å²) < 4.78 is 11.6. The van der Waals surface area contributed by atoms with E-state index in [-0.39, 0.29) is 5.91 Å². The van der Waals surface area contributed by atoms with Gasteiger partial charge in [-0.15, -0.1) is 0 Å². The normalized spacial score (nSPS) is 10.1. The minimum absolute atomic E-state index is 0.0214. The zero-order valence-corrected chi connectivity index (χ0v) is 14.7. The third kappa shape index (κ3) is 4.62. The molecule has 4 nitrogen and oxygen atoms in total. The first-order chi connectivity index (χ1) is 10.6. The van der Waals surface area contributed by atoms with E-state index in [9.17, 15) is 4.79 Å². The molecule has 0 unspecified atom stereocenters. The third-order valence-corrected chi connectivity index (χ3v) is 3.89. The van der Waals surface area contributed by atoms with Gasteiger partial charge in [0.2, 0.25) is 5.91 Å². The number of ether oxygens (including phenoxy) is 2. The molecule has 22 heavy (non-hydrogen) atoms. The van der Waals surface area contributed by atoms with E-state index in [1.165, 1.54) is 0 Å². The van der Waals surface area contributed by atoms with Gasteiger partial charge in [0.15, 0.2) is 0 Å². The number of anilines is 1. The number of rotatable bonds is 6. The van der Waals surface area contributed by atoms with Gasteiger partial charge in [0.25, 0.3) is 0 Å². The lowest BCUT2D eigenvalue weighted by molar-refractivity contribution is -0.116. The zero-order valence-electron chi connectivity index (χ0n) is 12.6. The van der Waals surface area contributed by atoms with Crippen molar-refractivity contribution in [1.82, 2.24) is 0 Å². The fourth-order valence-corrected chi connectivity index (χ4v) is 2.66. The summed E-state index contributed by atoms with van der Waals surface area (Å²) in [7, 11) is 3.24. The molecule has 0 aliphatic heterocycles. The van der Waals surface area contributed by atoms with Crippen molar-refractivity contribution >= 4 is 34.2 Å². The van der Waals surface area contributed by atoms with Crippen molar-refractivity contribution in [1.29, 1.82) is 0 Å². The average Bonchev–Trinajstić information content (AvgIpc) is 2.52. The van der Waals surface area contributed by atoms with E-state index in [0.29, 0.717) is 12.8 Å². The monoisotopic (exact) mass is 411 g/mol. The van der Waals surface area contributed by atoms with Crippen LogP contribution in [-0.2, 0) is 11.2 Å².